The number of halogens is 1. The highest BCUT2D eigenvalue weighted by Gasteiger charge is 2.33. The fourth-order valence-electron chi connectivity index (χ4n) is 2.89. The topological polar surface area (TPSA) is 49.3 Å². The van der Waals surface area contributed by atoms with Gasteiger partial charge in [-0.15, -0.1) is 0 Å². The van der Waals surface area contributed by atoms with Crippen LogP contribution in [0.25, 0.3) is 0 Å². The molecule has 1 unspecified atom stereocenters. The average molecular weight is 293 g/mol. The van der Waals surface area contributed by atoms with E-state index in [9.17, 15) is 14.3 Å². The zero-order valence-electron chi connectivity index (χ0n) is 12.5. The molecule has 1 amide bonds. The van der Waals surface area contributed by atoms with Gasteiger partial charge in [-0.05, 0) is 55.7 Å². The molecule has 3 nitrogen and oxygen atoms in total. The highest BCUT2D eigenvalue weighted by atomic mass is 19.1. The highest BCUT2D eigenvalue weighted by molar-refractivity contribution is 5.76. The standard InChI is InChI=1S/C17H24FNO2/c1-2-16(13-10-15(20)11-13)19-17(21)5-3-4-12-6-8-14(18)9-7-12/h6-9,13,15-16,20H,2-5,10-11H2,1H3,(H,19,21). The molecule has 0 aromatic heterocycles. The molecule has 2 rings (SSSR count). The predicted octanol–water partition coefficient (Wildman–Crippen LogP) is 2.81. The molecular formula is C17H24FNO2. The first-order valence-corrected chi connectivity index (χ1v) is 7.80. The van der Waals surface area contributed by atoms with Crippen LogP contribution in [-0.4, -0.2) is 23.2 Å². The van der Waals surface area contributed by atoms with Crippen LogP contribution in [0, 0.1) is 11.7 Å². The number of nitrogens with one attached hydrogen (secondary N) is 1. The zero-order chi connectivity index (χ0) is 15.2. The number of aliphatic hydroxyl groups is 1. The number of aliphatic hydroxyl groups excluding tert-OH is 1. The molecule has 2 N–H and O–H groups in total. The molecule has 0 radical (unpaired) electrons. The third-order valence-electron chi connectivity index (χ3n) is 4.29. The van der Waals surface area contributed by atoms with Crippen molar-refractivity contribution in [2.45, 2.75) is 57.6 Å². The van der Waals surface area contributed by atoms with Crippen LogP contribution in [0.3, 0.4) is 0 Å². The summed E-state index contributed by atoms with van der Waals surface area (Å²) in [4.78, 5) is 11.9. The Morgan fingerprint density at radius 1 is 1.38 bits per heavy atom. The van der Waals surface area contributed by atoms with Crippen LogP contribution in [0.2, 0.25) is 0 Å². The van der Waals surface area contributed by atoms with Gasteiger partial charge in [-0.25, -0.2) is 4.39 Å². The second-order valence-corrected chi connectivity index (χ2v) is 5.95. The van der Waals surface area contributed by atoms with Gasteiger partial charge in [0.1, 0.15) is 5.82 Å². The number of hydrogen-bond acceptors (Lipinski definition) is 2. The predicted molar refractivity (Wildman–Crippen MR) is 80.3 cm³/mol. The molecule has 4 heteroatoms. The van der Waals surface area contributed by atoms with Crippen LogP contribution in [-0.2, 0) is 11.2 Å². The number of rotatable bonds is 7. The van der Waals surface area contributed by atoms with Crippen molar-refractivity contribution in [3.05, 3.63) is 35.6 Å². The van der Waals surface area contributed by atoms with Gasteiger partial charge in [-0.1, -0.05) is 19.1 Å². The molecule has 1 aliphatic rings. The summed E-state index contributed by atoms with van der Waals surface area (Å²) < 4.78 is 12.8. The van der Waals surface area contributed by atoms with E-state index in [0.29, 0.717) is 12.3 Å². The first-order chi connectivity index (χ1) is 10.1. The van der Waals surface area contributed by atoms with Crippen molar-refractivity contribution >= 4 is 5.91 Å². The van der Waals surface area contributed by atoms with Gasteiger partial charge in [0.25, 0.3) is 0 Å². The number of hydrogen-bond donors (Lipinski definition) is 2. The van der Waals surface area contributed by atoms with Gasteiger partial charge in [0, 0.05) is 12.5 Å². The minimum Gasteiger partial charge on any atom is -0.393 e. The molecule has 0 heterocycles. The minimum absolute atomic E-state index is 0.0744. The summed E-state index contributed by atoms with van der Waals surface area (Å²) in [5.41, 5.74) is 1.05. The summed E-state index contributed by atoms with van der Waals surface area (Å²) in [6, 6.07) is 6.61. The Kier molecular flexibility index (Phi) is 5.74. The Morgan fingerprint density at radius 2 is 2.05 bits per heavy atom. The molecule has 1 fully saturated rings. The number of carbonyl (C=O) groups excluding carboxylic acids is 1. The molecule has 1 saturated carbocycles. The second kappa shape index (κ2) is 7.55. The summed E-state index contributed by atoms with van der Waals surface area (Å²) in [7, 11) is 0. The summed E-state index contributed by atoms with van der Waals surface area (Å²) in [5.74, 6) is 0.265. The van der Waals surface area contributed by atoms with E-state index in [1.54, 1.807) is 12.1 Å². The van der Waals surface area contributed by atoms with Gasteiger partial charge in [0.2, 0.25) is 5.91 Å². The maximum atomic E-state index is 12.8. The fraction of sp³-hybridized carbons (Fsp3) is 0.588. The van der Waals surface area contributed by atoms with E-state index in [1.807, 2.05) is 0 Å². The SMILES string of the molecule is CCC(NC(=O)CCCc1ccc(F)cc1)C1CC(O)C1. The number of carbonyl (C=O) groups is 1. The van der Waals surface area contributed by atoms with Gasteiger partial charge < -0.3 is 10.4 Å². The fourth-order valence-corrected chi connectivity index (χ4v) is 2.89. The van der Waals surface area contributed by atoms with Crippen molar-refractivity contribution in [2.24, 2.45) is 5.92 Å². The molecule has 116 valence electrons. The Bertz CT molecular complexity index is 454. The van der Waals surface area contributed by atoms with Crippen LogP contribution in [0.5, 0.6) is 0 Å². The molecule has 0 spiro atoms. The lowest BCUT2D eigenvalue weighted by Gasteiger charge is -2.37. The molecular weight excluding hydrogens is 269 g/mol. The van der Waals surface area contributed by atoms with Crippen LogP contribution in [0.1, 0.15) is 44.6 Å². The van der Waals surface area contributed by atoms with E-state index in [2.05, 4.69) is 12.2 Å². The van der Waals surface area contributed by atoms with E-state index in [-0.39, 0.29) is 23.9 Å². The van der Waals surface area contributed by atoms with Crippen LogP contribution >= 0.6 is 0 Å². The molecule has 0 bridgehead atoms. The molecule has 1 atom stereocenters. The molecule has 0 aliphatic heterocycles. The van der Waals surface area contributed by atoms with Gasteiger partial charge in [-0.2, -0.15) is 0 Å². The Balaban J connectivity index is 1.68. The van der Waals surface area contributed by atoms with E-state index in [0.717, 1.165) is 37.7 Å². The van der Waals surface area contributed by atoms with E-state index in [1.165, 1.54) is 12.1 Å². The molecule has 1 aromatic carbocycles. The van der Waals surface area contributed by atoms with Gasteiger partial charge in [0.05, 0.1) is 6.10 Å². The maximum Gasteiger partial charge on any atom is 0.220 e. The van der Waals surface area contributed by atoms with Gasteiger partial charge in [0.15, 0.2) is 0 Å². The van der Waals surface area contributed by atoms with Crippen molar-refractivity contribution in [3.8, 4) is 0 Å². The monoisotopic (exact) mass is 293 g/mol. The number of aryl methyl sites for hydroxylation is 1. The van der Waals surface area contributed by atoms with Crippen LogP contribution < -0.4 is 5.32 Å². The second-order valence-electron chi connectivity index (χ2n) is 5.95. The Hall–Kier alpha value is -1.42. The van der Waals surface area contributed by atoms with Crippen molar-refractivity contribution < 1.29 is 14.3 Å². The lowest BCUT2D eigenvalue weighted by molar-refractivity contribution is -0.123. The smallest absolute Gasteiger partial charge is 0.220 e. The lowest BCUT2D eigenvalue weighted by Crippen LogP contribution is -2.46. The van der Waals surface area contributed by atoms with Crippen molar-refractivity contribution in [1.29, 1.82) is 0 Å². The highest BCUT2D eigenvalue weighted by Crippen LogP contribution is 2.31. The summed E-state index contributed by atoms with van der Waals surface area (Å²) in [6.45, 7) is 2.06. The van der Waals surface area contributed by atoms with Gasteiger partial charge in [-0.3, -0.25) is 4.79 Å². The first-order valence-electron chi connectivity index (χ1n) is 7.80. The van der Waals surface area contributed by atoms with Crippen molar-refractivity contribution in [2.75, 3.05) is 0 Å². The Labute approximate surface area is 125 Å². The molecule has 21 heavy (non-hydrogen) atoms. The van der Waals surface area contributed by atoms with Crippen molar-refractivity contribution in [3.63, 3.8) is 0 Å². The van der Waals surface area contributed by atoms with E-state index < -0.39 is 0 Å². The summed E-state index contributed by atoms with van der Waals surface area (Å²) in [6.07, 6.45) is 4.36. The summed E-state index contributed by atoms with van der Waals surface area (Å²) >= 11 is 0. The molecule has 1 aromatic rings. The van der Waals surface area contributed by atoms with Crippen LogP contribution in [0.4, 0.5) is 4.39 Å². The lowest BCUT2D eigenvalue weighted by atomic mass is 9.76. The van der Waals surface area contributed by atoms with E-state index >= 15 is 0 Å². The average Bonchev–Trinajstić information content (AvgIpc) is 2.44. The number of amides is 1. The first kappa shape index (κ1) is 16.0. The molecule has 1 aliphatic carbocycles. The maximum absolute atomic E-state index is 12.8. The summed E-state index contributed by atoms with van der Waals surface area (Å²) in [5, 5.41) is 12.4. The zero-order valence-corrected chi connectivity index (χ0v) is 12.5. The van der Waals surface area contributed by atoms with Crippen LogP contribution in [0.15, 0.2) is 24.3 Å². The third-order valence-corrected chi connectivity index (χ3v) is 4.29. The minimum atomic E-state index is -0.232. The molecule has 0 saturated heterocycles. The van der Waals surface area contributed by atoms with E-state index in [4.69, 9.17) is 0 Å². The van der Waals surface area contributed by atoms with Gasteiger partial charge >= 0.3 is 0 Å². The van der Waals surface area contributed by atoms with Crippen molar-refractivity contribution in [1.82, 2.24) is 5.32 Å². The number of benzene rings is 1. The normalized spacial score (nSPS) is 22.4. The largest absolute Gasteiger partial charge is 0.393 e. The third kappa shape index (κ3) is 4.81. The Morgan fingerprint density at radius 3 is 2.62 bits per heavy atom. The quantitative estimate of drug-likeness (QED) is 0.812.